The quantitative estimate of drug-likeness (QED) is 0.176. The maximum Gasteiger partial charge on any atom is 0.305 e. The Kier molecular flexibility index (Phi) is 8.22. The summed E-state index contributed by atoms with van der Waals surface area (Å²) in [5.41, 5.74) is 1.49. The monoisotopic (exact) mass is 446 g/mol. The molecule has 0 unspecified atom stereocenters. The lowest BCUT2D eigenvalue weighted by Crippen LogP contribution is -2.03. The van der Waals surface area contributed by atoms with E-state index < -0.39 is 14.1 Å². The van der Waals surface area contributed by atoms with Crippen molar-refractivity contribution < 1.29 is 32.0 Å². The fourth-order valence-electron chi connectivity index (χ4n) is 3.17. The molecule has 0 aliphatic heterocycles. The first kappa shape index (κ1) is 17.6. The van der Waals surface area contributed by atoms with E-state index in [2.05, 4.69) is 0 Å². The van der Waals surface area contributed by atoms with E-state index >= 15 is 0 Å². The van der Waals surface area contributed by atoms with E-state index in [0.29, 0.717) is 30.9 Å². The van der Waals surface area contributed by atoms with Crippen molar-refractivity contribution in [2.45, 2.75) is 51.9 Å². The van der Waals surface area contributed by atoms with Crippen molar-refractivity contribution in [3.63, 3.8) is 0 Å². The highest BCUT2D eigenvalue weighted by Crippen LogP contribution is 2.25. The van der Waals surface area contributed by atoms with Gasteiger partial charge in [-0.15, -0.1) is 0 Å². The van der Waals surface area contributed by atoms with Crippen LogP contribution in [0.4, 0.5) is 0 Å². The van der Waals surface area contributed by atoms with Gasteiger partial charge in [-0.25, -0.2) is 0 Å². The Morgan fingerprint density at radius 1 is 0.812 bits per heavy atom. The molecular formula is C27H36O5. The van der Waals surface area contributed by atoms with Gasteiger partial charge in [-0.1, -0.05) is 50.0 Å². The summed E-state index contributed by atoms with van der Waals surface area (Å²) in [5.74, 6) is 0.772. The van der Waals surface area contributed by atoms with Crippen molar-refractivity contribution in [2.75, 3.05) is 27.3 Å². The van der Waals surface area contributed by atoms with E-state index in [9.17, 15) is 4.79 Å². The van der Waals surface area contributed by atoms with E-state index in [1.54, 1.807) is 61.5 Å². The Morgan fingerprint density at radius 2 is 1.47 bits per heavy atom. The average Bonchev–Trinajstić information content (AvgIpc) is 2.80. The van der Waals surface area contributed by atoms with E-state index in [-0.39, 0.29) is 17.5 Å². The number of carbonyl (C=O) groups is 1. The molecule has 5 nitrogen and oxygen atoms in total. The van der Waals surface area contributed by atoms with Crippen LogP contribution in [0.5, 0.6) is 17.2 Å². The maximum absolute atomic E-state index is 11.3. The normalized spacial score (nSPS) is 14.4. The van der Waals surface area contributed by atoms with Crippen LogP contribution in [0.3, 0.4) is 0 Å². The van der Waals surface area contributed by atoms with E-state index in [4.69, 9.17) is 27.2 Å². The van der Waals surface area contributed by atoms with Crippen LogP contribution >= 0.6 is 0 Å². The second kappa shape index (κ2) is 15.0. The van der Waals surface area contributed by atoms with Crippen LogP contribution in [0.25, 0.3) is 12.2 Å². The van der Waals surface area contributed by atoms with Crippen LogP contribution in [0.15, 0.2) is 42.5 Å². The molecule has 0 aliphatic rings. The van der Waals surface area contributed by atoms with Crippen LogP contribution in [0.2, 0.25) is 0 Å². The van der Waals surface area contributed by atoms with Crippen molar-refractivity contribution >= 4 is 18.1 Å². The number of hydrogen-bond donors (Lipinski definition) is 0. The molecule has 0 aliphatic carbocycles. The van der Waals surface area contributed by atoms with Gasteiger partial charge in [-0.2, -0.15) is 0 Å². The predicted octanol–water partition coefficient (Wildman–Crippen LogP) is 6.55. The average molecular weight is 447 g/mol. The summed E-state index contributed by atoms with van der Waals surface area (Å²) in [6.07, 6.45) is 9.79. The summed E-state index contributed by atoms with van der Waals surface area (Å²) in [5, 5.41) is 0. The summed E-state index contributed by atoms with van der Waals surface area (Å²) in [6, 6.07) is 11.5. The molecular weight excluding hydrogens is 404 g/mol. The molecule has 2 aromatic carbocycles. The zero-order valence-electron chi connectivity index (χ0n) is 24.6. The molecule has 0 radical (unpaired) electrons. The van der Waals surface area contributed by atoms with Gasteiger partial charge in [0.15, 0.2) is 0 Å². The number of carbonyl (C=O) groups excluding carboxylic acids is 1. The summed E-state index contributed by atoms with van der Waals surface area (Å²) < 4.78 is 64.5. The van der Waals surface area contributed by atoms with Crippen molar-refractivity contribution in [1.82, 2.24) is 0 Å². The highest BCUT2D eigenvalue weighted by atomic mass is 16.5. The summed E-state index contributed by atoms with van der Waals surface area (Å²) in [4.78, 5) is 11.3. The lowest BCUT2D eigenvalue weighted by atomic mass is 10.1. The fourth-order valence-corrected chi connectivity index (χ4v) is 3.17. The van der Waals surface area contributed by atoms with Crippen LogP contribution in [0, 0.1) is 0 Å². The molecule has 0 heterocycles. The standard InChI is InChI=1S/C27H36O5/c1-4-31-27(28)11-9-7-5-6-8-10-18-32-26-20-23(19-25(21-26)30-3)13-12-22-14-16-24(29-2)17-15-22/h12-17,19-21H,4-11,18H2,1-3H3/b13-12+/i2D3,3D3. The lowest BCUT2D eigenvalue weighted by Gasteiger charge is -2.09. The second-order valence-corrected chi connectivity index (χ2v) is 7.37. The molecule has 0 bridgehead atoms. The van der Waals surface area contributed by atoms with Crippen molar-refractivity contribution in [3.8, 4) is 17.2 Å². The number of esters is 1. The van der Waals surface area contributed by atoms with Gasteiger partial charge in [0.2, 0.25) is 0 Å². The SMILES string of the molecule is [2H]C([2H])([2H])Oc1ccc(/C=C/c2cc(OCCCCCCCCC(=O)OCC)cc(OC([2H])([2H])[2H])c2)cc1. The lowest BCUT2D eigenvalue weighted by molar-refractivity contribution is -0.143. The number of hydrogen-bond acceptors (Lipinski definition) is 5. The zero-order valence-corrected chi connectivity index (χ0v) is 18.6. The van der Waals surface area contributed by atoms with Gasteiger partial charge < -0.3 is 18.9 Å². The topological polar surface area (TPSA) is 54.0 Å². The number of methoxy groups -OCH3 is 2. The molecule has 0 N–H and O–H groups in total. The third-order valence-corrected chi connectivity index (χ3v) is 4.84. The fraction of sp³-hybridized carbons (Fsp3) is 0.444. The van der Waals surface area contributed by atoms with Gasteiger partial charge >= 0.3 is 5.97 Å². The van der Waals surface area contributed by atoms with Crippen molar-refractivity contribution in [2.24, 2.45) is 0 Å². The smallest absolute Gasteiger partial charge is 0.305 e. The Hall–Kier alpha value is -2.95. The summed E-state index contributed by atoms with van der Waals surface area (Å²) in [6.45, 7) is 2.70. The molecule has 5 heteroatoms. The Labute approximate surface area is 200 Å². The molecule has 0 spiro atoms. The molecule has 0 aromatic heterocycles. The molecule has 0 atom stereocenters. The summed E-state index contributed by atoms with van der Waals surface area (Å²) in [7, 11) is -5.10. The largest absolute Gasteiger partial charge is 0.497 e. The van der Waals surface area contributed by atoms with Crippen LogP contribution < -0.4 is 14.2 Å². The van der Waals surface area contributed by atoms with Gasteiger partial charge in [0, 0.05) is 12.5 Å². The van der Waals surface area contributed by atoms with E-state index in [0.717, 1.165) is 44.1 Å². The van der Waals surface area contributed by atoms with E-state index in [1.165, 1.54) is 0 Å². The number of unbranched alkanes of at least 4 members (excludes halogenated alkanes) is 5. The Bertz CT molecular complexity index is 1020. The Morgan fingerprint density at radius 3 is 2.22 bits per heavy atom. The minimum atomic E-state index is -2.59. The molecule has 174 valence electrons. The molecule has 32 heavy (non-hydrogen) atoms. The number of rotatable bonds is 15. The molecule has 0 fully saturated rings. The van der Waals surface area contributed by atoms with Gasteiger partial charge in [0.1, 0.15) is 17.2 Å². The Balaban J connectivity index is 1.89. The first-order valence-corrected chi connectivity index (χ1v) is 11.0. The minimum absolute atomic E-state index is 0.140. The first-order chi connectivity index (χ1) is 17.9. The molecule has 0 amide bonds. The van der Waals surface area contributed by atoms with E-state index in [1.807, 2.05) is 0 Å². The zero-order chi connectivity index (χ0) is 28.0. The van der Waals surface area contributed by atoms with Crippen LogP contribution in [-0.2, 0) is 9.53 Å². The van der Waals surface area contributed by atoms with Crippen LogP contribution in [-0.4, -0.2) is 33.3 Å². The highest BCUT2D eigenvalue weighted by molar-refractivity contribution is 5.71. The van der Waals surface area contributed by atoms with Crippen molar-refractivity contribution in [1.29, 1.82) is 0 Å². The van der Waals surface area contributed by atoms with Crippen LogP contribution in [0.1, 0.15) is 71.2 Å². The maximum atomic E-state index is 11.3. The second-order valence-electron chi connectivity index (χ2n) is 7.37. The first-order valence-electron chi connectivity index (χ1n) is 14.0. The van der Waals surface area contributed by atoms with Gasteiger partial charge in [-0.05, 0) is 55.2 Å². The molecule has 2 rings (SSSR count). The van der Waals surface area contributed by atoms with Gasteiger partial charge in [-0.3, -0.25) is 4.79 Å². The number of ether oxygens (including phenoxy) is 4. The number of benzene rings is 2. The minimum Gasteiger partial charge on any atom is -0.497 e. The molecule has 0 saturated carbocycles. The van der Waals surface area contributed by atoms with Gasteiger partial charge in [0.25, 0.3) is 0 Å². The summed E-state index contributed by atoms with van der Waals surface area (Å²) >= 11 is 0. The molecule has 2 aromatic rings. The van der Waals surface area contributed by atoms with Crippen molar-refractivity contribution in [3.05, 3.63) is 53.6 Å². The third-order valence-electron chi connectivity index (χ3n) is 4.84. The molecule has 0 saturated heterocycles. The predicted molar refractivity (Wildman–Crippen MR) is 129 cm³/mol. The third kappa shape index (κ3) is 9.90. The van der Waals surface area contributed by atoms with Gasteiger partial charge in [0.05, 0.1) is 35.5 Å². The highest BCUT2D eigenvalue weighted by Gasteiger charge is 2.03.